The van der Waals surface area contributed by atoms with Gasteiger partial charge in [-0.25, -0.2) is 0 Å². The van der Waals surface area contributed by atoms with Crippen LogP contribution in [0.3, 0.4) is 0 Å². The van der Waals surface area contributed by atoms with Crippen molar-refractivity contribution in [1.29, 1.82) is 0 Å². The number of anilines is 1. The highest BCUT2D eigenvalue weighted by Gasteiger charge is 2.15. The molecule has 0 atom stereocenters. The lowest BCUT2D eigenvalue weighted by Gasteiger charge is -2.08. The predicted octanol–water partition coefficient (Wildman–Crippen LogP) is 2.76. The molecule has 0 aliphatic rings. The summed E-state index contributed by atoms with van der Waals surface area (Å²) in [5.74, 6) is -0.437. The Morgan fingerprint density at radius 1 is 1.29 bits per heavy atom. The lowest BCUT2D eigenvalue weighted by atomic mass is 10.1. The van der Waals surface area contributed by atoms with Crippen LogP contribution in [0, 0.1) is 10.1 Å². The molecule has 108 valence electrons. The van der Waals surface area contributed by atoms with Crippen LogP contribution in [0.15, 0.2) is 42.5 Å². The van der Waals surface area contributed by atoms with Crippen LogP contribution in [-0.4, -0.2) is 10.8 Å². The molecule has 2 aromatic rings. The summed E-state index contributed by atoms with van der Waals surface area (Å²) < 4.78 is 0. The van der Waals surface area contributed by atoms with Crippen molar-refractivity contribution in [3.05, 3.63) is 68.7 Å². The minimum absolute atomic E-state index is 0.0297. The SMILES string of the molecule is Nc1ccc(Cl)cc1C(=O)NCc1ccccc1[N+](=O)[O-]. The molecule has 0 aliphatic carbocycles. The molecule has 0 fully saturated rings. The van der Waals surface area contributed by atoms with E-state index in [-0.39, 0.29) is 17.8 Å². The van der Waals surface area contributed by atoms with Gasteiger partial charge in [-0.2, -0.15) is 0 Å². The van der Waals surface area contributed by atoms with Gasteiger partial charge < -0.3 is 11.1 Å². The maximum absolute atomic E-state index is 12.1. The van der Waals surface area contributed by atoms with Gasteiger partial charge in [-0.15, -0.1) is 0 Å². The second-order valence-corrected chi connectivity index (χ2v) is 4.74. The molecule has 0 radical (unpaired) electrons. The maximum Gasteiger partial charge on any atom is 0.274 e. The fraction of sp³-hybridized carbons (Fsp3) is 0.0714. The van der Waals surface area contributed by atoms with Crippen LogP contribution < -0.4 is 11.1 Å². The Labute approximate surface area is 125 Å². The van der Waals surface area contributed by atoms with Crippen molar-refractivity contribution in [2.75, 3.05) is 5.73 Å². The van der Waals surface area contributed by atoms with Crippen molar-refractivity contribution in [2.24, 2.45) is 0 Å². The van der Waals surface area contributed by atoms with Crippen LogP contribution in [0.5, 0.6) is 0 Å². The number of nitrogens with two attached hydrogens (primary N) is 1. The molecule has 6 nitrogen and oxygen atoms in total. The molecule has 3 N–H and O–H groups in total. The first-order valence-corrected chi connectivity index (χ1v) is 6.42. The molecule has 0 unspecified atom stereocenters. The van der Waals surface area contributed by atoms with Gasteiger partial charge in [-0.05, 0) is 18.2 Å². The first-order valence-electron chi connectivity index (χ1n) is 6.04. The van der Waals surface area contributed by atoms with Crippen LogP contribution in [0.2, 0.25) is 5.02 Å². The molecular formula is C14H12ClN3O3. The Morgan fingerprint density at radius 2 is 2.00 bits per heavy atom. The first kappa shape index (κ1) is 14.8. The number of nitrogens with zero attached hydrogens (tertiary/aromatic N) is 1. The standard InChI is InChI=1S/C14H12ClN3O3/c15-10-5-6-12(16)11(7-10)14(19)17-8-9-3-1-2-4-13(9)18(20)21/h1-7H,8,16H2,(H,17,19). The second kappa shape index (κ2) is 6.23. The highest BCUT2D eigenvalue weighted by molar-refractivity contribution is 6.31. The van der Waals surface area contributed by atoms with E-state index in [1.807, 2.05) is 0 Å². The molecule has 0 bridgehead atoms. The zero-order valence-corrected chi connectivity index (χ0v) is 11.6. The second-order valence-electron chi connectivity index (χ2n) is 4.30. The Bertz CT molecular complexity index is 704. The summed E-state index contributed by atoms with van der Waals surface area (Å²) in [5, 5.41) is 13.9. The number of nitrogens with one attached hydrogen (secondary N) is 1. The molecule has 0 aromatic heterocycles. The lowest BCUT2D eigenvalue weighted by molar-refractivity contribution is -0.385. The number of para-hydroxylation sites is 1. The van der Waals surface area contributed by atoms with Gasteiger partial charge in [0.1, 0.15) is 0 Å². The summed E-state index contributed by atoms with van der Waals surface area (Å²) in [6.07, 6.45) is 0. The number of carbonyl (C=O) groups excluding carboxylic acids is 1. The number of rotatable bonds is 4. The maximum atomic E-state index is 12.1. The fourth-order valence-electron chi connectivity index (χ4n) is 1.83. The number of benzene rings is 2. The number of carbonyl (C=O) groups is 1. The number of nitrogen functional groups attached to an aromatic ring is 1. The van der Waals surface area contributed by atoms with E-state index in [0.29, 0.717) is 16.3 Å². The van der Waals surface area contributed by atoms with Gasteiger partial charge in [-0.3, -0.25) is 14.9 Å². The van der Waals surface area contributed by atoms with E-state index >= 15 is 0 Å². The van der Waals surface area contributed by atoms with Crippen LogP contribution in [0.4, 0.5) is 11.4 Å². The van der Waals surface area contributed by atoms with Gasteiger partial charge >= 0.3 is 0 Å². The largest absolute Gasteiger partial charge is 0.398 e. The molecule has 0 saturated carbocycles. The van der Waals surface area contributed by atoms with Gasteiger partial charge in [0.05, 0.1) is 10.5 Å². The minimum Gasteiger partial charge on any atom is -0.398 e. The van der Waals surface area contributed by atoms with Crippen molar-refractivity contribution in [3.8, 4) is 0 Å². The average Bonchev–Trinajstić information content (AvgIpc) is 2.47. The third-order valence-electron chi connectivity index (χ3n) is 2.89. The summed E-state index contributed by atoms with van der Waals surface area (Å²) in [7, 11) is 0. The number of hydrogen-bond acceptors (Lipinski definition) is 4. The number of hydrogen-bond donors (Lipinski definition) is 2. The van der Waals surface area contributed by atoms with Crippen molar-refractivity contribution in [2.45, 2.75) is 6.54 Å². The van der Waals surface area contributed by atoms with Crippen molar-refractivity contribution < 1.29 is 9.72 Å². The molecule has 7 heteroatoms. The van der Waals surface area contributed by atoms with E-state index in [1.54, 1.807) is 24.3 Å². The van der Waals surface area contributed by atoms with E-state index < -0.39 is 10.8 Å². The Morgan fingerprint density at radius 3 is 2.71 bits per heavy atom. The Balaban J connectivity index is 2.15. The summed E-state index contributed by atoms with van der Waals surface area (Å²) in [6, 6.07) is 10.8. The quantitative estimate of drug-likeness (QED) is 0.515. The highest BCUT2D eigenvalue weighted by atomic mass is 35.5. The zero-order valence-electron chi connectivity index (χ0n) is 10.9. The van der Waals surface area contributed by atoms with Crippen molar-refractivity contribution in [3.63, 3.8) is 0 Å². The van der Waals surface area contributed by atoms with Crippen molar-refractivity contribution in [1.82, 2.24) is 5.32 Å². The number of amides is 1. The van der Waals surface area contributed by atoms with E-state index in [2.05, 4.69) is 5.32 Å². The molecule has 0 saturated heterocycles. The zero-order chi connectivity index (χ0) is 15.4. The number of halogens is 1. The molecule has 0 aliphatic heterocycles. The van der Waals surface area contributed by atoms with Gasteiger partial charge in [0.25, 0.3) is 11.6 Å². The highest BCUT2D eigenvalue weighted by Crippen LogP contribution is 2.19. The Hall–Kier alpha value is -2.60. The number of nitro groups is 1. The third-order valence-corrected chi connectivity index (χ3v) is 3.12. The summed E-state index contributed by atoms with van der Waals surface area (Å²) >= 11 is 5.82. The van der Waals surface area contributed by atoms with Gasteiger partial charge in [-0.1, -0.05) is 29.8 Å². The van der Waals surface area contributed by atoms with E-state index in [9.17, 15) is 14.9 Å². The van der Waals surface area contributed by atoms with Crippen LogP contribution >= 0.6 is 11.6 Å². The monoisotopic (exact) mass is 305 g/mol. The Kier molecular flexibility index (Phi) is 4.39. The van der Waals surface area contributed by atoms with E-state index in [4.69, 9.17) is 17.3 Å². The smallest absolute Gasteiger partial charge is 0.274 e. The lowest BCUT2D eigenvalue weighted by Crippen LogP contribution is -2.24. The van der Waals surface area contributed by atoms with Crippen molar-refractivity contribution >= 4 is 28.9 Å². The molecule has 21 heavy (non-hydrogen) atoms. The van der Waals surface area contributed by atoms with E-state index in [1.165, 1.54) is 18.2 Å². The number of nitro benzene ring substituents is 1. The van der Waals surface area contributed by atoms with Crippen LogP contribution in [0.25, 0.3) is 0 Å². The third kappa shape index (κ3) is 3.49. The first-order chi connectivity index (χ1) is 9.99. The normalized spacial score (nSPS) is 10.1. The fourth-order valence-corrected chi connectivity index (χ4v) is 2.01. The summed E-state index contributed by atoms with van der Waals surface area (Å²) in [4.78, 5) is 22.5. The molecule has 2 aromatic carbocycles. The van der Waals surface area contributed by atoms with Gasteiger partial charge in [0.15, 0.2) is 0 Å². The van der Waals surface area contributed by atoms with Crippen LogP contribution in [-0.2, 0) is 6.54 Å². The molecule has 0 spiro atoms. The van der Waals surface area contributed by atoms with Gasteiger partial charge in [0.2, 0.25) is 0 Å². The predicted molar refractivity (Wildman–Crippen MR) is 80.1 cm³/mol. The van der Waals surface area contributed by atoms with Crippen LogP contribution in [0.1, 0.15) is 15.9 Å². The summed E-state index contributed by atoms with van der Waals surface area (Å²) in [5.41, 5.74) is 6.61. The molecule has 0 heterocycles. The van der Waals surface area contributed by atoms with E-state index in [0.717, 1.165) is 0 Å². The van der Waals surface area contributed by atoms with Gasteiger partial charge in [0, 0.05) is 28.9 Å². The topological polar surface area (TPSA) is 98.3 Å². The average molecular weight is 306 g/mol. The minimum atomic E-state index is -0.491. The molecule has 1 amide bonds. The summed E-state index contributed by atoms with van der Waals surface area (Å²) in [6.45, 7) is 0.0297. The molecular weight excluding hydrogens is 294 g/mol. The molecule has 2 rings (SSSR count).